The van der Waals surface area contributed by atoms with Crippen LogP contribution in [0.2, 0.25) is 0 Å². The molecule has 108 valence electrons. The summed E-state index contributed by atoms with van der Waals surface area (Å²) in [6.45, 7) is 7.06. The van der Waals surface area contributed by atoms with Gasteiger partial charge in [-0.1, -0.05) is 38.1 Å². The van der Waals surface area contributed by atoms with Crippen molar-refractivity contribution in [2.45, 2.75) is 27.7 Å². The van der Waals surface area contributed by atoms with E-state index < -0.39 is 11.4 Å². The molecule has 0 aliphatic carbocycles. The smallest absolute Gasteiger partial charge is 0.344 e. The summed E-state index contributed by atoms with van der Waals surface area (Å²) >= 11 is 0. The van der Waals surface area contributed by atoms with Crippen molar-refractivity contribution in [3.8, 4) is 0 Å². The standard InChI is InChI=1S/C15H19NO4/c1-10(16-19-5)20-14(18)12-8-6-11(7-9-12)13(17)15(2,3)4/h6-9H,1-5H3. The molecule has 1 aromatic rings. The molecule has 0 unspecified atom stereocenters. The Morgan fingerprint density at radius 2 is 1.55 bits per heavy atom. The van der Waals surface area contributed by atoms with Crippen LogP contribution in [-0.4, -0.2) is 24.8 Å². The number of esters is 1. The molecule has 0 heterocycles. The lowest BCUT2D eigenvalue weighted by molar-refractivity contribution is 0.0699. The van der Waals surface area contributed by atoms with Gasteiger partial charge in [0.25, 0.3) is 0 Å². The zero-order valence-corrected chi connectivity index (χ0v) is 12.4. The quantitative estimate of drug-likeness (QED) is 0.280. The minimum atomic E-state index is -0.543. The zero-order chi connectivity index (χ0) is 15.3. The normalized spacial score (nSPS) is 11.9. The predicted octanol–water partition coefficient (Wildman–Crippen LogP) is 3.05. The fourth-order valence-corrected chi connectivity index (χ4v) is 1.53. The molecule has 0 aliphatic rings. The first-order chi connectivity index (χ1) is 9.25. The minimum Gasteiger partial charge on any atom is -0.405 e. The Morgan fingerprint density at radius 1 is 1.05 bits per heavy atom. The Morgan fingerprint density at radius 3 is 2.00 bits per heavy atom. The van der Waals surface area contributed by atoms with Crippen LogP contribution in [0.5, 0.6) is 0 Å². The summed E-state index contributed by atoms with van der Waals surface area (Å²) in [7, 11) is 1.37. The molecule has 0 atom stereocenters. The third-order valence-electron chi connectivity index (χ3n) is 2.52. The van der Waals surface area contributed by atoms with Gasteiger partial charge in [-0.3, -0.25) is 4.79 Å². The number of ether oxygens (including phenoxy) is 1. The maximum atomic E-state index is 12.1. The van der Waals surface area contributed by atoms with Crippen molar-refractivity contribution < 1.29 is 19.2 Å². The first-order valence-electron chi connectivity index (χ1n) is 6.20. The topological polar surface area (TPSA) is 65.0 Å². The molecule has 5 heteroatoms. The molecule has 0 bridgehead atoms. The Kier molecular flexibility index (Phi) is 5.02. The monoisotopic (exact) mass is 277 g/mol. The van der Waals surface area contributed by atoms with Crippen LogP contribution >= 0.6 is 0 Å². The van der Waals surface area contributed by atoms with Crippen LogP contribution in [0.3, 0.4) is 0 Å². The summed E-state index contributed by atoms with van der Waals surface area (Å²) in [6.07, 6.45) is 0. The molecular formula is C15H19NO4. The second kappa shape index (κ2) is 6.32. The third-order valence-corrected chi connectivity index (χ3v) is 2.52. The lowest BCUT2D eigenvalue weighted by Crippen LogP contribution is -2.20. The Balaban J connectivity index is 2.84. The molecule has 1 aromatic carbocycles. The van der Waals surface area contributed by atoms with Gasteiger partial charge in [0.1, 0.15) is 7.11 Å². The van der Waals surface area contributed by atoms with Crippen LogP contribution in [0.1, 0.15) is 48.4 Å². The van der Waals surface area contributed by atoms with Crippen LogP contribution < -0.4 is 0 Å². The maximum Gasteiger partial charge on any atom is 0.344 e. The van der Waals surface area contributed by atoms with Crippen LogP contribution in [0.4, 0.5) is 0 Å². The van der Waals surface area contributed by atoms with Gasteiger partial charge in [-0.2, -0.15) is 0 Å². The number of oxime groups is 1. The second-order valence-electron chi connectivity index (χ2n) is 5.34. The van der Waals surface area contributed by atoms with E-state index in [1.807, 2.05) is 20.8 Å². The van der Waals surface area contributed by atoms with Crippen molar-refractivity contribution in [3.63, 3.8) is 0 Å². The van der Waals surface area contributed by atoms with Crippen LogP contribution in [0.25, 0.3) is 0 Å². The van der Waals surface area contributed by atoms with Gasteiger partial charge in [0, 0.05) is 17.9 Å². The average Bonchev–Trinajstić information content (AvgIpc) is 2.37. The summed E-state index contributed by atoms with van der Waals surface area (Å²) < 4.78 is 4.95. The van der Waals surface area contributed by atoms with E-state index in [4.69, 9.17) is 4.74 Å². The molecule has 0 amide bonds. The zero-order valence-electron chi connectivity index (χ0n) is 12.4. The van der Waals surface area contributed by atoms with Crippen molar-refractivity contribution in [2.75, 3.05) is 7.11 Å². The van der Waals surface area contributed by atoms with Crippen molar-refractivity contribution in [1.29, 1.82) is 0 Å². The van der Waals surface area contributed by atoms with Gasteiger partial charge in [-0.05, 0) is 12.1 Å². The summed E-state index contributed by atoms with van der Waals surface area (Å²) in [5, 5.41) is 3.49. The van der Waals surface area contributed by atoms with Gasteiger partial charge < -0.3 is 9.57 Å². The highest BCUT2D eigenvalue weighted by Gasteiger charge is 2.23. The fourth-order valence-electron chi connectivity index (χ4n) is 1.53. The first kappa shape index (κ1) is 15.9. The number of carbonyl (C=O) groups is 2. The molecule has 0 radical (unpaired) electrons. The number of hydrogen-bond acceptors (Lipinski definition) is 5. The lowest BCUT2D eigenvalue weighted by Gasteiger charge is -2.16. The largest absolute Gasteiger partial charge is 0.405 e. The molecule has 20 heavy (non-hydrogen) atoms. The minimum absolute atomic E-state index is 0.0227. The van der Waals surface area contributed by atoms with E-state index in [2.05, 4.69) is 9.99 Å². The van der Waals surface area contributed by atoms with E-state index >= 15 is 0 Å². The number of rotatable bonds is 3. The molecule has 0 spiro atoms. The first-order valence-corrected chi connectivity index (χ1v) is 6.20. The Bertz CT molecular complexity index is 524. The van der Waals surface area contributed by atoms with E-state index in [1.165, 1.54) is 14.0 Å². The maximum absolute atomic E-state index is 12.1. The third kappa shape index (κ3) is 4.19. The summed E-state index contributed by atoms with van der Waals surface area (Å²) in [5.74, 6) is -0.403. The molecule has 5 nitrogen and oxygen atoms in total. The van der Waals surface area contributed by atoms with E-state index in [0.717, 1.165) is 0 Å². The SMILES string of the molecule is CON=C(C)OC(=O)c1ccc(C(=O)C(C)(C)C)cc1. The molecule has 0 fully saturated rings. The van der Waals surface area contributed by atoms with E-state index in [0.29, 0.717) is 11.1 Å². The van der Waals surface area contributed by atoms with Crippen LogP contribution in [0.15, 0.2) is 29.4 Å². The van der Waals surface area contributed by atoms with Crippen LogP contribution in [-0.2, 0) is 9.57 Å². The van der Waals surface area contributed by atoms with Crippen molar-refractivity contribution in [2.24, 2.45) is 10.6 Å². The van der Waals surface area contributed by atoms with Crippen LogP contribution in [0, 0.1) is 5.41 Å². The van der Waals surface area contributed by atoms with Gasteiger partial charge in [0.15, 0.2) is 5.78 Å². The van der Waals surface area contributed by atoms with E-state index in [1.54, 1.807) is 24.3 Å². The molecular weight excluding hydrogens is 258 g/mol. The van der Waals surface area contributed by atoms with Gasteiger partial charge in [0.05, 0.1) is 5.56 Å². The van der Waals surface area contributed by atoms with E-state index in [-0.39, 0.29) is 11.7 Å². The summed E-state index contributed by atoms with van der Waals surface area (Å²) in [5.41, 5.74) is 0.460. The van der Waals surface area contributed by atoms with Crippen molar-refractivity contribution in [3.05, 3.63) is 35.4 Å². The molecule has 0 saturated carbocycles. The van der Waals surface area contributed by atoms with Gasteiger partial charge in [-0.25, -0.2) is 4.79 Å². The van der Waals surface area contributed by atoms with Gasteiger partial charge in [0.2, 0.25) is 5.90 Å². The molecule has 0 N–H and O–H groups in total. The number of hydrogen-bond donors (Lipinski definition) is 0. The highest BCUT2D eigenvalue weighted by Crippen LogP contribution is 2.21. The number of benzene rings is 1. The highest BCUT2D eigenvalue weighted by atomic mass is 16.6. The predicted molar refractivity (Wildman–Crippen MR) is 75.8 cm³/mol. The average molecular weight is 277 g/mol. The number of carbonyl (C=O) groups excluding carboxylic acids is 2. The number of Topliss-reactive ketones (excluding diaryl/α,β-unsaturated/α-hetero) is 1. The Labute approximate surface area is 118 Å². The van der Waals surface area contributed by atoms with E-state index in [9.17, 15) is 9.59 Å². The molecule has 0 aliphatic heterocycles. The molecule has 0 aromatic heterocycles. The number of ketones is 1. The summed E-state index contributed by atoms with van der Waals surface area (Å²) in [4.78, 5) is 28.3. The van der Waals surface area contributed by atoms with Crippen molar-refractivity contribution in [1.82, 2.24) is 0 Å². The van der Waals surface area contributed by atoms with Gasteiger partial charge >= 0.3 is 5.97 Å². The van der Waals surface area contributed by atoms with Crippen molar-refractivity contribution >= 4 is 17.7 Å². The lowest BCUT2D eigenvalue weighted by atomic mass is 9.86. The molecule has 0 saturated heterocycles. The molecule has 1 rings (SSSR count). The van der Waals surface area contributed by atoms with Gasteiger partial charge in [-0.15, -0.1) is 0 Å². The number of nitrogens with zero attached hydrogens (tertiary/aromatic N) is 1. The second-order valence-corrected chi connectivity index (χ2v) is 5.34. The Hall–Kier alpha value is -2.17. The summed E-state index contributed by atoms with van der Waals surface area (Å²) in [6, 6.07) is 6.35. The highest BCUT2D eigenvalue weighted by molar-refractivity contribution is 6.01. The fraction of sp³-hybridized carbons (Fsp3) is 0.400.